The second-order valence-electron chi connectivity index (χ2n) is 5.46. The molecule has 2 aromatic rings. The summed E-state index contributed by atoms with van der Waals surface area (Å²) in [5.41, 5.74) is 1.72. The summed E-state index contributed by atoms with van der Waals surface area (Å²) in [5, 5.41) is 10.0. The quantitative estimate of drug-likeness (QED) is 0.887. The monoisotopic (exact) mass is 312 g/mol. The molecule has 1 aliphatic heterocycles. The van der Waals surface area contributed by atoms with Crippen LogP contribution in [0.2, 0.25) is 0 Å². The molecule has 1 aliphatic rings. The number of hydrogen-bond acceptors (Lipinski definition) is 4. The maximum Gasteiger partial charge on any atom is 0.250 e. The van der Waals surface area contributed by atoms with Crippen molar-refractivity contribution in [3.63, 3.8) is 0 Å². The minimum atomic E-state index is -0.0509. The third-order valence-electron chi connectivity index (χ3n) is 3.80. The van der Waals surface area contributed by atoms with Gasteiger partial charge in [-0.1, -0.05) is 30.3 Å². The topological polar surface area (TPSA) is 79.9 Å². The van der Waals surface area contributed by atoms with Crippen molar-refractivity contribution < 1.29 is 9.53 Å². The van der Waals surface area contributed by atoms with E-state index in [1.807, 2.05) is 37.3 Å². The summed E-state index contributed by atoms with van der Waals surface area (Å²) in [4.78, 5) is 16.6. The standard InChI is InChI=1S/C17H20N4O2/c1-12-14(8-5-11-23-12)17(22)18-10-9-15-19-16(21-20-15)13-6-3-2-4-7-13/h2-4,6-7H,5,8-11H2,1H3,(H,18,22)(H,19,20,21). The molecule has 0 spiro atoms. The summed E-state index contributed by atoms with van der Waals surface area (Å²) in [6.45, 7) is 3.05. The molecular weight excluding hydrogens is 292 g/mol. The molecule has 1 aromatic heterocycles. The van der Waals surface area contributed by atoms with Gasteiger partial charge in [0.1, 0.15) is 11.6 Å². The van der Waals surface area contributed by atoms with Crippen LogP contribution in [0, 0.1) is 0 Å². The van der Waals surface area contributed by atoms with Gasteiger partial charge >= 0.3 is 0 Å². The molecule has 0 radical (unpaired) electrons. The van der Waals surface area contributed by atoms with E-state index in [9.17, 15) is 4.79 Å². The Labute approximate surface area is 135 Å². The highest BCUT2D eigenvalue weighted by atomic mass is 16.5. The Hall–Kier alpha value is -2.63. The van der Waals surface area contributed by atoms with Crippen LogP contribution in [0.4, 0.5) is 0 Å². The van der Waals surface area contributed by atoms with E-state index in [0.29, 0.717) is 25.4 Å². The van der Waals surface area contributed by atoms with Gasteiger partial charge in [0.25, 0.3) is 5.91 Å². The first kappa shape index (κ1) is 15.3. The van der Waals surface area contributed by atoms with E-state index >= 15 is 0 Å². The first-order valence-electron chi connectivity index (χ1n) is 7.81. The maximum atomic E-state index is 12.1. The summed E-state index contributed by atoms with van der Waals surface area (Å²) in [6, 6.07) is 9.79. The molecule has 6 nitrogen and oxygen atoms in total. The van der Waals surface area contributed by atoms with E-state index in [0.717, 1.165) is 35.6 Å². The molecule has 120 valence electrons. The number of rotatable bonds is 5. The fraction of sp³-hybridized carbons (Fsp3) is 0.353. The minimum absolute atomic E-state index is 0.0509. The van der Waals surface area contributed by atoms with Gasteiger partial charge in [0, 0.05) is 18.5 Å². The summed E-state index contributed by atoms with van der Waals surface area (Å²) in [6.07, 6.45) is 2.28. The van der Waals surface area contributed by atoms with Gasteiger partial charge in [-0.2, -0.15) is 5.10 Å². The summed E-state index contributed by atoms with van der Waals surface area (Å²) in [7, 11) is 0. The zero-order chi connectivity index (χ0) is 16.1. The molecule has 2 heterocycles. The number of hydrogen-bond donors (Lipinski definition) is 2. The van der Waals surface area contributed by atoms with Crippen LogP contribution in [-0.2, 0) is 16.0 Å². The van der Waals surface area contributed by atoms with Crippen molar-refractivity contribution in [2.24, 2.45) is 0 Å². The van der Waals surface area contributed by atoms with Crippen LogP contribution < -0.4 is 5.32 Å². The van der Waals surface area contributed by atoms with Crippen LogP contribution in [0.25, 0.3) is 11.4 Å². The van der Waals surface area contributed by atoms with Crippen LogP contribution >= 0.6 is 0 Å². The number of carbonyl (C=O) groups is 1. The lowest BCUT2D eigenvalue weighted by Gasteiger charge is -2.18. The molecule has 0 saturated carbocycles. The van der Waals surface area contributed by atoms with E-state index in [1.165, 1.54) is 0 Å². The van der Waals surface area contributed by atoms with Crippen molar-refractivity contribution in [3.8, 4) is 11.4 Å². The number of ether oxygens (including phenoxy) is 1. The van der Waals surface area contributed by atoms with Crippen LogP contribution in [0.3, 0.4) is 0 Å². The number of carbonyl (C=O) groups excluding carboxylic acids is 1. The van der Waals surface area contributed by atoms with Gasteiger partial charge in [0.2, 0.25) is 0 Å². The Morgan fingerprint density at radius 3 is 2.96 bits per heavy atom. The predicted molar refractivity (Wildman–Crippen MR) is 86.4 cm³/mol. The lowest BCUT2D eigenvalue weighted by Crippen LogP contribution is -2.29. The summed E-state index contributed by atoms with van der Waals surface area (Å²) < 4.78 is 5.42. The Bertz CT molecular complexity index is 706. The minimum Gasteiger partial charge on any atom is -0.498 e. The van der Waals surface area contributed by atoms with E-state index < -0.39 is 0 Å². The zero-order valence-corrected chi connectivity index (χ0v) is 13.1. The molecule has 0 unspecified atom stereocenters. The number of benzene rings is 1. The molecular formula is C17H20N4O2. The van der Waals surface area contributed by atoms with Gasteiger partial charge in [0.15, 0.2) is 5.82 Å². The van der Waals surface area contributed by atoms with Gasteiger partial charge in [-0.25, -0.2) is 4.98 Å². The number of nitrogens with one attached hydrogen (secondary N) is 2. The van der Waals surface area contributed by atoms with E-state index in [-0.39, 0.29) is 5.91 Å². The molecule has 0 bridgehead atoms. The molecule has 0 saturated heterocycles. The number of H-pyrrole nitrogens is 1. The molecule has 6 heteroatoms. The summed E-state index contributed by atoms with van der Waals surface area (Å²) >= 11 is 0. The highest BCUT2D eigenvalue weighted by Crippen LogP contribution is 2.18. The van der Waals surface area contributed by atoms with E-state index in [4.69, 9.17) is 4.74 Å². The second kappa shape index (κ2) is 7.09. The van der Waals surface area contributed by atoms with Gasteiger partial charge in [-0.3, -0.25) is 9.89 Å². The van der Waals surface area contributed by atoms with Crippen molar-refractivity contribution in [2.75, 3.05) is 13.2 Å². The van der Waals surface area contributed by atoms with Gasteiger partial charge < -0.3 is 10.1 Å². The van der Waals surface area contributed by atoms with Gasteiger partial charge in [-0.15, -0.1) is 0 Å². The molecule has 1 amide bonds. The van der Waals surface area contributed by atoms with Crippen molar-refractivity contribution in [1.82, 2.24) is 20.5 Å². The highest BCUT2D eigenvalue weighted by Gasteiger charge is 2.17. The lowest BCUT2D eigenvalue weighted by atomic mass is 10.1. The van der Waals surface area contributed by atoms with Crippen LogP contribution in [0.1, 0.15) is 25.6 Å². The number of aromatic nitrogens is 3. The zero-order valence-electron chi connectivity index (χ0n) is 13.1. The molecule has 0 fully saturated rings. The second-order valence-corrected chi connectivity index (χ2v) is 5.46. The largest absolute Gasteiger partial charge is 0.498 e. The van der Waals surface area contributed by atoms with E-state index in [1.54, 1.807) is 0 Å². The molecule has 2 N–H and O–H groups in total. The fourth-order valence-corrected chi connectivity index (χ4v) is 2.54. The van der Waals surface area contributed by atoms with Crippen molar-refractivity contribution in [2.45, 2.75) is 26.2 Å². The average molecular weight is 312 g/mol. The maximum absolute atomic E-state index is 12.1. The molecule has 0 aliphatic carbocycles. The SMILES string of the molecule is CC1=C(C(=O)NCCc2nc(-c3ccccc3)n[nH]2)CCCO1. The first-order chi connectivity index (χ1) is 11.2. The average Bonchev–Trinajstić information content (AvgIpc) is 3.05. The lowest BCUT2D eigenvalue weighted by molar-refractivity contribution is -0.118. The van der Waals surface area contributed by atoms with Crippen molar-refractivity contribution >= 4 is 5.91 Å². The Morgan fingerprint density at radius 1 is 1.35 bits per heavy atom. The number of amides is 1. The third kappa shape index (κ3) is 3.77. The van der Waals surface area contributed by atoms with Gasteiger partial charge in [0.05, 0.1) is 12.2 Å². The number of nitrogens with zero attached hydrogens (tertiary/aromatic N) is 2. The number of allylic oxidation sites excluding steroid dienone is 1. The predicted octanol–water partition coefficient (Wildman–Crippen LogP) is 2.21. The molecule has 23 heavy (non-hydrogen) atoms. The molecule has 0 atom stereocenters. The van der Waals surface area contributed by atoms with Crippen LogP contribution in [-0.4, -0.2) is 34.2 Å². The third-order valence-corrected chi connectivity index (χ3v) is 3.80. The summed E-state index contributed by atoms with van der Waals surface area (Å²) in [5.74, 6) is 2.12. The first-order valence-corrected chi connectivity index (χ1v) is 7.81. The fourth-order valence-electron chi connectivity index (χ4n) is 2.54. The van der Waals surface area contributed by atoms with Crippen molar-refractivity contribution in [1.29, 1.82) is 0 Å². The molecule has 1 aromatic carbocycles. The van der Waals surface area contributed by atoms with Crippen LogP contribution in [0.5, 0.6) is 0 Å². The Kier molecular flexibility index (Phi) is 4.71. The van der Waals surface area contributed by atoms with Gasteiger partial charge in [-0.05, 0) is 19.8 Å². The van der Waals surface area contributed by atoms with Crippen LogP contribution in [0.15, 0.2) is 41.7 Å². The van der Waals surface area contributed by atoms with E-state index in [2.05, 4.69) is 20.5 Å². The van der Waals surface area contributed by atoms with Crippen molar-refractivity contribution in [3.05, 3.63) is 47.5 Å². The highest BCUT2D eigenvalue weighted by molar-refractivity contribution is 5.93. The molecule has 3 rings (SSSR count). The smallest absolute Gasteiger partial charge is 0.250 e. The number of aromatic amines is 1. The Balaban J connectivity index is 1.53. The Morgan fingerprint density at radius 2 is 2.17 bits per heavy atom. The normalized spacial score (nSPS) is 14.5.